The molecule has 0 amide bonds. The Morgan fingerprint density at radius 1 is 1.45 bits per heavy atom. The molecule has 0 unspecified atom stereocenters. The summed E-state index contributed by atoms with van der Waals surface area (Å²) in [7, 11) is 0. The molecule has 0 saturated heterocycles. The molecule has 0 aliphatic heterocycles. The number of non-ortho nitro benzene ring substituents is 1. The molecule has 1 heterocycles. The lowest BCUT2D eigenvalue weighted by Gasteiger charge is -2.07. The number of nitrogens with one attached hydrogen (secondary N) is 1. The number of benzene rings is 1. The van der Waals surface area contributed by atoms with Crippen molar-refractivity contribution in [3.63, 3.8) is 0 Å². The van der Waals surface area contributed by atoms with E-state index in [4.69, 9.17) is 9.26 Å². The normalized spacial score (nSPS) is 10.3. The van der Waals surface area contributed by atoms with Crippen LogP contribution in [0, 0.1) is 17.0 Å². The number of ether oxygens (including phenoxy) is 1. The molecular weight excluding hydrogens is 264 g/mol. The lowest BCUT2D eigenvalue weighted by molar-refractivity contribution is -0.384. The Morgan fingerprint density at radius 2 is 2.25 bits per heavy atom. The summed E-state index contributed by atoms with van der Waals surface area (Å²) < 4.78 is 10.3. The average molecular weight is 278 g/mol. The van der Waals surface area contributed by atoms with Crippen molar-refractivity contribution in [2.24, 2.45) is 0 Å². The second kappa shape index (κ2) is 6.00. The maximum Gasteiger partial charge on any atom is 0.275 e. The SMILES string of the molecule is CCOc1cc(NCc2nc(C)no2)cc([N+](=O)[O-])c1. The third-order valence-corrected chi connectivity index (χ3v) is 2.43. The summed E-state index contributed by atoms with van der Waals surface area (Å²) in [4.78, 5) is 14.4. The van der Waals surface area contributed by atoms with Gasteiger partial charge in [-0.25, -0.2) is 0 Å². The first-order valence-electron chi connectivity index (χ1n) is 6.04. The second-order valence-corrected chi connectivity index (χ2v) is 3.99. The lowest BCUT2D eigenvalue weighted by atomic mass is 10.2. The van der Waals surface area contributed by atoms with Gasteiger partial charge < -0.3 is 14.6 Å². The minimum Gasteiger partial charge on any atom is -0.494 e. The minimum atomic E-state index is -0.468. The Morgan fingerprint density at radius 3 is 2.85 bits per heavy atom. The van der Waals surface area contributed by atoms with Crippen molar-refractivity contribution >= 4 is 11.4 Å². The third-order valence-electron chi connectivity index (χ3n) is 2.43. The number of aromatic nitrogens is 2. The van der Waals surface area contributed by atoms with Crippen LogP contribution in [0.4, 0.5) is 11.4 Å². The second-order valence-electron chi connectivity index (χ2n) is 3.99. The predicted molar refractivity (Wildman–Crippen MR) is 70.6 cm³/mol. The van der Waals surface area contributed by atoms with E-state index in [2.05, 4.69) is 15.5 Å². The molecule has 0 saturated carbocycles. The van der Waals surface area contributed by atoms with Crippen LogP contribution in [0.5, 0.6) is 5.75 Å². The highest BCUT2D eigenvalue weighted by molar-refractivity contribution is 5.56. The summed E-state index contributed by atoms with van der Waals surface area (Å²) >= 11 is 0. The van der Waals surface area contributed by atoms with Gasteiger partial charge in [-0.05, 0) is 13.8 Å². The standard InChI is InChI=1S/C12H14N4O4/c1-3-19-11-5-9(4-10(6-11)16(17)18)13-7-12-14-8(2)15-20-12/h4-6,13H,3,7H2,1-2H3. The fourth-order valence-electron chi connectivity index (χ4n) is 1.63. The molecule has 1 N–H and O–H groups in total. The van der Waals surface area contributed by atoms with Crippen molar-refractivity contribution in [2.45, 2.75) is 20.4 Å². The van der Waals surface area contributed by atoms with Gasteiger partial charge in [0.25, 0.3) is 5.69 Å². The van der Waals surface area contributed by atoms with Crippen LogP contribution in [0.15, 0.2) is 22.7 Å². The summed E-state index contributed by atoms with van der Waals surface area (Å²) in [5.41, 5.74) is 0.513. The van der Waals surface area contributed by atoms with Gasteiger partial charge in [0.1, 0.15) is 5.75 Å². The van der Waals surface area contributed by atoms with Crippen LogP contribution in [-0.4, -0.2) is 21.7 Å². The molecule has 106 valence electrons. The van der Waals surface area contributed by atoms with E-state index in [1.807, 2.05) is 6.92 Å². The van der Waals surface area contributed by atoms with E-state index in [1.165, 1.54) is 12.1 Å². The first-order chi connectivity index (χ1) is 9.58. The third kappa shape index (κ3) is 3.44. The number of hydrogen-bond acceptors (Lipinski definition) is 7. The molecule has 0 aliphatic carbocycles. The molecule has 20 heavy (non-hydrogen) atoms. The first kappa shape index (κ1) is 13.8. The first-order valence-corrected chi connectivity index (χ1v) is 6.04. The molecule has 0 spiro atoms. The number of nitro benzene ring substituents is 1. The number of hydrogen-bond donors (Lipinski definition) is 1. The van der Waals surface area contributed by atoms with Gasteiger partial charge in [0.15, 0.2) is 5.82 Å². The minimum absolute atomic E-state index is 0.0415. The maximum atomic E-state index is 10.9. The van der Waals surface area contributed by atoms with Crippen LogP contribution >= 0.6 is 0 Å². The van der Waals surface area contributed by atoms with Crippen molar-refractivity contribution in [1.82, 2.24) is 10.1 Å². The van der Waals surface area contributed by atoms with E-state index in [1.54, 1.807) is 13.0 Å². The molecule has 2 aromatic rings. The fourth-order valence-corrected chi connectivity index (χ4v) is 1.63. The Kier molecular flexibility index (Phi) is 4.14. The molecule has 1 aromatic carbocycles. The molecule has 8 nitrogen and oxygen atoms in total. The number of aryl methyl sites for hydroxylation is 1. The highest BCUT2D eigenvalue weighted by Gasteiger charge is 2.11. The van der Waals surface area contributed by atoms with Gasteiger partial charge in [-0.3, -0.25) is 10.1 Å². The lowest BCUT2D eigenvalue weighted by Crippen LogP contribution is -2.02. The van der Waals surface area contributed by atoms with Gasteiger partial charge in [0.2, 0.25) is 5.89 Å². The number of nitro groups is 1. The zero-order chi connectivity index (χ0) is 14.5. The highest BCUT2D eigenvalue weighted by Crippen LogP contribution is 2.26. The Balaban J connectivity index is 2.15. The molecule has 8 heteroatoms. The van der Waals surface area contributed by atoms with Crippen molar-refractivity contribution in [1.29, 1.82) is 0 Å². The van der Waals surface area contributed by atoms with E-state index in [9.17, 15) is 10.1 Å². The number of nitrogens with zero attached hydrogens (tertiary/aromatic N) is 3. The molecule has 1 aromatic heterocycles. The largest absolute Gasteiger partial charge is 0.494 e. The maximum absolute atomic E-state index is 10.9. The average Bonchev–Trinajstić information content (AvgIpc) is 2.82. The summed E-state index contributed by atoms with van der Waals surface area (Å²) in [6.45, 7) is 4.25. The van der Waals surface area contributed by atoms with Gasteiger partial charge >= 0.3 is 0 Å². The van der Waals surface area contributed by atoms with Crippen molar-refractivity contribution in [3.05, 3.63) is 40.0 Å². The smallest absolute Gasteiger partial charge is 0.275 e. The van der Waals surface area contributed by atoms with E-state index in [0.29, 0.717) is 29.8 Å². The van der Waals surface area contributed by atoms with E-state index >= 15 is 0 Å². The molecule has 0 radical (unpaired) electrons. The quantitative estimate of drug-likeness (QED) is 0.638. The van der Waals surface area contributed by atoms with Gasteiger partial charge in [-0.15, -0.1) is 0 Å². The van der Waals surface area contributed by atoms with Crippen LogP contribution in [0.3, 0.4) is 0 Å². The number of rotatable bonds is 6. The fraction of sp³-hybridized carbons (Fsp3) is 0.333. The van der Waals surface area contributed by atoms with Gasteiger partial charge in [-0.1, -0.05) is 5.16 Å². The zero-order valence-corrected chi connectivity index (χ0v) is 11.1. The van der Waals surface area contributed by atoms with E-state index < -0.39 is 4.92 Å². The van der Waals surface area contributed by atoms with Crippen LogP contribution in [-0.2, 0) is 6.54 Å². The van der Waals surface area contributed by atoms with E-state index in [0.717, 1.165) is 0 Å². The van der Waals surface area contributed by atoms with Crippen molar-refractivity contribution < 1.29 is 14.2 Å². The van der Waals surface area contributed by atoms with Gasteiger partial charge in [-0.2, -0.15) is 4.98 Å². The Hall–Kier alpha value is -2.64. The van der Waals surface area contributed by atoms with Crippen LogP contribution in [0.25, 0.3) is 0 Å². The predicted octanol–water partition coefficient (Wildman–Crippen LogP) is 2.30. The summed E-state index contributed by atoms with van der Waals surface area (Å²) in [5, 5.41) is 17.5. The zero-order valence-electron chi connectivity index (χ0n) is 11.1. The highest BCUT2D eigenvalue weighted by atomic mass is 16.6. The molecule has 2 rings (SSSR count). The van der Waals surface area contributed by atoms with Crippen LogP contribution < -0.4 is 10.1 Å². The molecular formula is C12H14N4O4. The van der Waals surface area contributed by atoms with Crippen molar-refractivity contribution in [3.8, 4) is 5.75 Å². The Labute approximate surface area is 114 Å². The van der Waals surface area contributed by atoms with Crippen LogP contribution in [0.2, 0.25) is 0 Å². The Bertz CT molecular complexity index is 611. The molecule has 0 atom stereocenters. The molecule has 0 fully saturated rings. The summed E-state index contributed by atoms with van der Waals surface area (Å²) in [6, 6.07) is 4.48. The van der Waals surface area contributed by atoms with E-state index in [-0.39, 0.29) is 12.2 Å². The summed E-state index contributed by atoms with van der Waals surface area (Å²) in [6.07, 6.45) is 0. The van der Waals surface area contributed by atoms with Gasteiger partial charge in [0, 0.05) is 17.8 Å². The monoisotopic (exact) mass is 278 g/mol. The van der Waals surface area contributed by atoms with Crippen molar-refractivity contribution in [2.75, 3.05) is 11.9 Å². The van der Waals surface area contributed by atoms with Crippen LogP contribution in [0.1, 0.15) is 18.6 Å². The summed E-state index contributed by atoms with van der Waals surface area (Å²) in [5.74, 6) is 1.38. The molecule has 0 aliphatic rings. The van der Waals surface area contributed by atoms with Gasteiger partial charge in [0.05, 0.1) is 24.1 Å². The molecule has 0 bridgehead atoms. The topological polar surface area (TPSA) is 103 Å². The number of anilines is 1.